The average molecular weight is 445 g/mol. The summed E-state index contributed by atoms with van der Waals surface area (Å²) in [6.07, 6.45) is 0. The number of benzene rings is 2. The van der Waals surface area contributed by atoms with E-state index in [9.17, 15) is 8.42 Å². The number of nitrogen functional groups attached to an aromatic ring is 1. The molecule has 0 aliphatic carbocycles. The molecule has 4 N–H and O–H groups in total. The van der Waals surface area contributed by atoms with Crippen molar-refractivity contribution in [2.24, 2.45) is 0 Å². The maximum absolute atomic E-state index is 12.7. The fourth-order valence-corrected chi connectivity index (χ4v) is 4.54. The third-order valence-electron chi connectivity index (χ3n) is 4.45. The van der Waals surface area contributed by atoms with Crippen molar-refractivity contribution >= 4 is 44.2 Å². The van der Waals surface area contributed by atoms with Gasteiger partial charge in [0.05, 0.1) is 23.2 Å². The Morgan fingerprint density at radius 1 is 1.13 bits per heavy atom. The first-order valence-electron chi connectivity index (χ1n) is 8.73. The second kappa shape index (κ2) is 7.47. The van der Waals surface area contributed by atoms with Crippen molar-refractivity contribution < 1.29 is 13.2 Å². The van der Waals surface area contributed by atoms with Crippen LogP contribution in [0.2, 0.25) is 5.02 Å². The van der Waals surface area contributed by atoms with Crippen molar-refractivity contribution in [3.8, 4) is 17.1 Å². The Labute approximate surface area is 177 Å². The summed E-state index contributed by atoms with van der Waals surface area (Å²) in [5.41, 5.74) is 8.06. The summed E-state index contributed by atoms with van der Waals surface area (Å²) in [6.45, 7) is 1.82. The lowest BCUT2D eigenvalue weighted by molar-refractivity contribution is 0.413. The van der Waals surface area contributed by atoms with E-state index in [4.69, 9.17) is 22.1 Å². The predicted molar refractivity (Wildman–Crippen MR) is 115 cm³/mol. The van der Waals surface area contributed by atoms with Gasteiger partial charge in [-0.1, -0.05) is 11.6 Å². The number of aryl methyl sites for hydroxylation is 1. The second-order valence-electron chi connectivity index (χ2n) is 6.45. The zero-order valence-corrected chi connectivity index (χ0v) is 17.5. The normalized spacial score (nSPS) is 11.6. The Morgan fingerprint density at radius 3 is 2.57 bits per heavy atom. The Morgan fingerprint density at radius 2 is 1.87 bits per heavy atom. The zero-order valence-electron chi connectivity index (χ0n) is 16.0. The highest BCUT2D eigenvalue weighted by Crippen LogP contribution is 2.29. The molecule has 11 heteroatoms. The van der Waals surface area contributed by atoms with E-state index in [1.165, 1.54) is 19.2 Å². The van der Waals surface area contributed by atoms with Gasteiger partial charge >= 0.3 is 0 Å². The molecule has 0 amide bonds. The van der Waals surface area contributed by atoms with Gasteiger partial charge in [-0.2, -0.15) is 5.10 Å². The number of anilines is 2. The van der Waals surface area contributed by atoms with E-state index in [-0.39, 0.29) is 9.92 Å². The first-order valence-corrected chi connectivity index (χ1v) is 10.6. The van der Waals surface area contributed by atoms with E-state index >= 15 is 0 Å². The van der Waals surface area contributed by atoms with Crippen LogP contribution in [0.15, 0.2) is 47.4 Å². The minimum Gasteiger partial charge on any atom is -0.497 e. The van der Waals surface area contributed by atoms with Gasteiger partial charge in [-0.3, -0.25) is 9.82 Å². The first-order chi connectivity index (χ1) is 14.3. The van der Waals surface area contributed by atoms with Gasteiger partial charge in [-0.25, -0.2) is 18.4 Å². The molecule has 0 unspecified atom stereocenters. The van der Waals surface area contributed by atoms with Gasteiger partial charge in [-0.15, -0.1) is 0 Å². The van der Waals surface area contributed by atoms with Crippen LogP contribution in [0.3, 0.4) is 0 Å². The van der Waals surface area contributed by atoms with Gasteiger partial charge < -0.3 is 10.5 Å². The molecule has 0 bridgehead atoms. The predicted octanol–water partition coefficient (Wildman–Crippen LogP) is 3.37. The SMILES string of the molecule is COc1ccc(Cl)c(S(=O)(=O)Nc2ccc(-c3nc(C)c4c(N)[nH]nc4n3)cc2)c1. The van der Waals surface area contributed by atoms with Gasteiger partial charge in [0.15, 0.2) is 11.5 Å². The Hall–Kier alpha value is -3.37. The number of nitrogens with zero attached hydrogens (tertiary/aromatic N) is 3. The van der Waals surface area contributed by atoms with E-state index in [2.05, 4.69) is 24.9 Å². The number of halogens is 1. The fourth-order valence-electron chi connectivity index (χ4n) is 2.97. The second-order valence-corrected chi connectivity index (χ2v) is 8.51. The largest absolute Gasteiger partial charge is 0.497 e. The van der Waals surface area contributed by atoms with Crippen molar-refractivity contribution in [1.29, 1.82) is 0 Å². The van der Waals surface area contributed by atoms with Crippen LogP contribution < -0.4 is 15.2 Å². The van der Waals surface area contributed by atoms with Crippen LogP contribution in [0.4, 0.5) is 11.5 Å². The van der Waals surface area contributed by atoms with Gasteiger partial charge in [0.25, 0.3) is 10.0 Å². The molecule has 0 aliphatic heterocycles. The molecule has 2 aromatic carbocycles. The highest BCUT2D eigenvalue weighted by Gasteiger charge is 2.19. The third-order valence-corrected chi connectivity index (χ3v) is 6.31. The number of ether oxygens (including phenoxy) is 1. The fraction of sp³-hybridized carbons (Fsp3) is 0.105. The summed E-state index contributed by atoms with van der Waals surface area (Å²) in [5.74, 6) is 1.25. The first kappa shape index (κ1) is 19.9. The van der Waals surface area contributed by atoms with E-state index in [1.54, 1.807) is 30.3 Å². The van der Waals surface area contributed by atoms with Crippen molar-refractivity contribution in [2.45, 2.75) is 11.8 Å². The average Bonchev–Trinajstić information content (AvgIpc) is 3.10. The number of fused-ring (bicyclic) bond motifs is 1. The summed E-state index contributed by atoms with van der Waals surface area (Å²) >= 11 is 6.06. The van der Waals surface area contributed by atoms with Crippen LogP contribution in [-0.2, 0) is 10.0 Å². The Kier molecular flexibility index (Phi) is 4.96. The smallest absolute Gasteiger partial charge is 0.263 e. The van der Waals surface area contributed by atoms with Crippen molar-refractivity contribution in [3.63, 3.8) is 0 Å². The van der Waals surface area contributed by atoms with Crippen LogP contribution in [-0.4, -0.2) is 35.7 Å². The molecular formula is C19H17ClN6O3S. The van der Waals surface area contributed by atoms with Crippen molar-refractivity contribution in [1.82, 2.24) is 20.2 Å². The highest BCUT2D eigenvalue weighted by atomic mass is 35.5. The maximum Gasteiger partial charge on any atom is 0.263 e. The molecule has 0 atom stereocenters. The highest BCUT2D eigenvalue weighted by molar-refractivity contribution is 7.92. The van der Waals surface area contributed by atoms with E-state index in [0.29, 0.717) is 45.4 Å². The van der Waals surface area contributed by atoms with Crippen molar-refractivity contribution in [2.75, 3.05) is 17.6 Å². The van der Waals surface area contributed by atoms with Crippen LogP contribution in [0, 0.1) is 6.92 Å². The van der Waals surface area contributed by atoms with Crippen LogP contribution in [0.1, 0.15) is 5.69 Å². The lowest BCUT2D eigenvalue weighted by atomic mass is 10.2. The molecule has 0 spiro atoms. The molecule has 4 aromatic rings. The monoisotopic (exact) mass is 444 g/mol. The summed E-state index contributed by atoms with van der Waals surface area (Å²) in [4.78, 5) is 8.80. The molecule has 2 heterocycles. The minimum atomic E-state index is -3.91. The number of nitrogens with one attached hydrogen (secondary N) is 2. The van der Waals surface area contributed by atoms with Crippen LogP contribution in [0.5, 0.6) is 5.75 Å². The van der Waals surface area contributed by atoms with E-state index in [1.807, 2.05) is 6.92 Å². The lowest BCUT2D eigenvalue weighted by Gasteiger charge is -2.11. The molecule has 154 valence electrons. The number of sulfonamides is 1. The number of aromatic nitrogens is 4. The van der Waals surface area contributed by atoms with E-state index in [0.717, 1.165) is 0 Å². The Balaban J connectivity index is 1.63. The quantitative estimate of drug-likeness (QED) is 0.429. The van der Waals surface area contributed by atoms with Gasteiger partial charge in [0.2, 0.25) is 0 Å². The van der Waals surface area contributed by atoms with Crippen LogP contribution >= 0.6 is 11.6 Å². The summed E-state index contributed by atoms with van der Waals surface area (Å²) in [5, 5.41) is 7.53. The number of hydrogen-bond donors (Lipinski definition) is 3. The van der Waals surface area contributed by atoms with Gasteiger partial charge in [-0.05, 0) is 43.3 Å². The molecule has 9 nitrogen and oxygen atoms in total. The molecular weight excluding hydrogens is 428 g/mol. The number of rotatable bonds is 5. The number of aromatic amines is 1. The topological polar surface area (TPSA) is 136 Å². The number of methoxy groups -OCH3 is 1. The molecule has 0 aliphatic rings. The summed E-state index contributed by atoms with van der Waals surface area (Å²) < 4.78 is 33.1. The lowest BCUT2D eigenvalue weighted by Crippen LogP contribution is -2.13. The summed E-state index contributed by atoms with van der Waals surface area (Å²) in [6, 6.07) is 11.1. The molecule has 2 aromatic heterocycles. The Bertz CT molecular complexity index is 1350. The standard InChI is InChI=1S/C19H17ClN6O3S/c1-10-16-17(21)24-25-19(16)23-18(22-10)11-3-5-12(6-4-11)26-30(27,28)15-9-13(29-2)7-8-14(15)20/h3-9,26H,1-2H3,(H3,21,22,23,24,25). The van der Waals surface area contributed by atoms with Crippen LogP contribution in [0.25, 0.3) is 22.4 Å². The number of hydrogen-bond acceptors (Lipinski definition) is 7. The third kappa shape index (κ3) is 3.62. The maximum atomic E-state index is 12.7. The zero-order chi connectivity index (χ0) is 21.5. The molecule has 0 saturated carbocycles. The molecule has 0 fully saturated rings. The molecule has 4 rings (SSSR count). The molecule has 30 heavy (non-hydrogen) atoms. The molecule has 0 saturated heterocycles. The number of H-pyrrole nitrogens is 1. The minimum absolute atomic E-state index is 0.0758. The van der Waals surface area contributed by atoms with Gasteiger partial charge in [0, 0.05) is 17.3 Å². The molecule has 0 radical (unpaired) electrons. The van der Waals surface area contributed by atoms with Gasteiger partial charge in [0.1, 0.15) is 16.5 Å². The van der Waals surface area contributed by atoms with Crippen molar-refractivity contribution in [3.05, 3.63) is 53.2 Å². The summed E-state index contributed by atoms with van der Waals surface area (Å²) in [7, 11) is -2.46. The van der Waals surface area contributed by atoms with E-state index < -0.39 is 10.0 Å². The number of nitrogens with two attached hydrogens (primary N) is 1.